The van der Waals surface area contributed by atoms with Crippen molar-refractivity contribution in [3.05, 3.63) is 54.0 Å². The number of aryl methyl sites for hydroxylation is 1. The fraction of sp³-hybridized carbons (Fsp3) is 0.167. The first-order valence-electron chi connectivity index (χ1n) is 4.92. The third kappa shape index (κ3) is 2.77. The molecule has 1 N–H and O–H groups in total. The molecule has 0 bridgehead atoms. The van der Waals surface area contributed by atoms with Crippen molar-refractivity contribution in [2.45, 2.75) is 13.5 Å². The minimum absolute atomic E-state index is 0.706. The van der Waals surface area contributed by atoms with Gasteiger partial charge in [0.1, 0.15) is 5.82 Å². The summed E-state index contributed by atoms with van der Waals surface area (Å²) in [5.74, 6) is 0.889. The smallest absolute Gasteiger partial charge is 0.126 e. The third-order valence-electron chi connectivity index (χ3n) is 2.07. The highest BCUT2D eigenvalue weighted by Crippen LogP contribution is 2.05. The molecule has 0 aromatic carbocycles. The molecular weight excluding hydrogens is 186 g/mol. The number of pyridine rings is 2. The van der Waals surface area contributed by atoms with Crippen LogP contribution in [-0.2, 0) is 6.54 Å². The monoisotopic (exact) mass is 199 g/mol. The van der Waals surface area contributed by atoms with E-state index in [1.54, 1.807) is 6.20 Å². The zero-order valence-corrected chi connectivity index (χ0v) is 8.64. The second kappa shape index (κ2) is 4.55. The second-order valence-corrected chi connectivity index (χ2v) is 3.34. The van der Waals surface area contributed by atoms with Crippen molar-refractivity contribution < 1.29 is 0 Å². The first kappa shape index (κ1) is 9.65. The Balaban J connectivity index is 1.99. The van der Waals surface area contributed by atoms with Gasteiger partial charge >= 0.3 is 0 Å². The normalized spacial score (nSPS) is 9.93. The Hall–Kier alpha value is -1.90. The molecule has 3 nitrogen and oxygen atoms in total. The molecule has 0 saturated heterocycles. The van der Waals surface area contributed by atoms with Gasteiger partial charge in [0.15, 0.2) is 0 Å². The number of nitrogens with zero attached hydrogens (tertiary/aromatic N) is 2. The van der Waals surface area contributed by atoms with Crippen molar-refractivity contribution in [1.82, 2.24) is 9.97 Å². The number of rotatable bonds is 3. The molecule has 0 aliphatic rings. The number of hydrogen-bond donors (Lipinski definition) is 1. The summed E-state index contributed by atoms with van der Waals surface area (Å²) < 4.78 is 0. The van der Waals surface area contributed by atoms with Crippen LogP contribution < -0.4 is 5.32 Å². The van der Waals surface area contributed by atoms with E-state index in [0.717, 1.165) is 17.2 Å². The second-order valence-electron chi connectivity index (χ2n) is 3.34. The summed E-state index contributed by atoms with van der Waals surface area (Å²) in [7, 11) is 0. The van der Waals surface area contributed by atoms with Gasteiger partial charge < -0.3 is 5.32 Å². The van der Waals surface area contributed by atoms with Crippen LogP contribution >= 0.6 is 0 Å². The number of hydrogen-bond acceptors (Lipinski definition) is 3. The Kier molecular flexibility index (Phi) is 2.93. The quantitative estimate of drug-likeness (QED) is 0.824. The predicted octanol–water partition coefficient (Wildman–Crippen LogP) is 2.40. The van der Waals surface area contributed by atoms with Crippen LogP contribution in [0.15, 0.2) is 42.6 Å². The summed E-state index contributed by atoms with van der Waals surface area (Å²) in [5, 5.41) is 3.23. The number of aromatic nitrogens is 2. The Bertz CT molecular complexity index is 426. The van der Waals surface area contributed by atoms with Gasteiger partial charge in [-0.3, -0.25) is 4.98 Å². The molecule has 76 valence electrons. The van der Waals surface area contributed by atoms with Crippen LogP contribution in [0.5, 0.6) is 0 Å². The lowest BCUT2D eigenvalue weighted by atomic mass is 10.3. The Morgan fingerprint density at radius 2 is 2.07 bits per heavy atom. The highest BCUT2D eigenvalue weighted by atomic mass is 15.0. The van der Waals surface area contributed by atoms with Gasteiger partial charge in [-0.1, -0.05) is 12.1 Å². The molecule has 0 spiro atoms. The van der Waals surface area contributed by atoms with Gasteiger partial charge in [0.25, 0.3) is 0 Å². The van der Waals surface area contributed by atoms with E-state index in [2.05, 4.69) is 15.3 Å². The molecule has 2 aromatic heterocycles. The van der Waals surface area contributed by atoms with Crippen LogP contribution in [0.1, 0.15) is 11.4 Å². The van der Waals surface area contributed by atoms with Crippen molar-refractivity contribution in [1.29, 1.82) is 0 Å². The summed E-state index contributed by atoms with van der Waals surface area (Å²) >= 11 is 0. The van der Waals surface area contributed by atoms with Crippen LogP contribution in [0.25, 0.3) is 0 Å². The van der Waals surface area contributed by atoms with Gasteiger partial charge in [-0.05, 0) is 31.2 Å². The SMILES string of the molecule is Cc1cccc(NCc2ccccn2)n1. The molecule has 0 radical (unpaired) electrons. The van der Waals surface area contributed by atoms with Gasteiger partial charge in [0, 0.05) is 11.9 Å². The number of anilines is 1. The zero-order valence-electron chi connectivity index (χ0n) is 8.64. The number of nitrogens with one attached hydrogen (secondary N) is 1. The Labute approximate surface area is 89.2 Å². The van der Waals surface area contributed by atoms with E-state index in [1.807, 2.05) is 43.3 Å². The van der Waals surface area contributed by atoms with Crippen molar-refractivity contribution in [3.8, 4) is 0 Å². The van der Waals surface area contributed by atoms with Gasteiger partial charge in [0.05, 0.1) is 12.2 Å². The molecule has 3 heteroatoms. The van der Waals surface area contributed by atoms with E-state index in [0.29, 0.717) is 6.54 Å². The van der Waals surface area contributed by atoms with Crippen LogP contribution in [0, 0.1) is 6.92 Å². The van der Waals surface area contributed by atoms with Gasteiger partial charge in [-0.2, -0.15) is 0 Å². The molecule has 2 aromatic rings. The lowest BCUT2D eigenvalue weighted by Gasteiger charge is -2.05. The summed E-state index contributed by atoms with van der Waals surface area (Å²) in [6.07, 6.45) is 1.79. The Morgan fingerprint density at radius 3 is 2.80 bits per heavy atom. The molecule has 0 atom stereocenters. The zero-order chi connectivity index (χ0) is 10.5. The van der Waals surface area contributed by atoms with Crippen molar-refractivity contribution in [3.63, 3.8) is 0 Å². The summed E-state index contributed by atoms with van der Waals surface area (Å²) in [6, 6.07) is 11.8. The maximum Gasteiger partial charge on any atom is 0.126 e. The first-order chi connectivity index (χ1) is 7.34. The van der Waals surface area contributed by atoms with E-state index >= 15 is 0 Å². The largest absolute Gasteiger partial charge is 0.364 e. The van der Waals surface area contributed by atoms with Gasteiger partial charge in [0.2, 0.25) is 0 Å². The molecule has 0 saturated carbocycles. The molecule has 0 aliphatic carbocycles. The van der Waals surface area contributed by atoms with Crippen LogP contribution in [-0.4, -0.2) is 9.97 Å². The molecule has 0 aliphatic heterocycles. The molecule has 0 fully saturated rings. The molecule has 0 unspecified atom stereocenters. The highest BCUT2D eigenvalue weighted by molar-refractivity contribution is 5.35. The molecule has 15 heavy (non-hydrogen) atoms. The summed E-state index contributed by atoms with van der Waals surface area (Å²) in [5.41, 5.74) is 2.03. The van der Waals surface area contributed by atoms with E-state index in [-0.39, 0.29) is 0 Å². The van der Waals surface area contributed by atoms with Crippen molar-refractivity contribution in [2.24, 2.45) is 0 Å². The molecule has 2 rings (SSSR count). The predicted molar refractivity (Wildman–Crippen MR) is 60.5 cm³/mol. The minimum atomic E-state index is 0.706. The fourth-order valence-corrected chi connectivity index (χ4v) is 1.33. The van der Waals surface area contributed by atoms with Crippen molar-refractivity contribution >= 4 is 5.82 Å². The van der Waals surface area contributed by atoms with Crippen LogP contribution in [0.4, 0.5) is 5.82 Å². The highest BCUT2D eigenvalue weighted by Gasteiger charge is 1.95. The van der Waals surface area contributed by atoms with Crippen molar-refractivity contribution in [2.75, 3.05) is 5.32 Å². The Morgan fingerprint density at radius 1 is 1.13 bits per heavy atom. The maximum atomic E-state index is 4.35. The van der Waals surface area contributed by atoms with Gasteiger partial charge in [-0.25, -0.2) is 4.98 Å². The first-order valence-corrected chi connectivity index (χ1v) is 4.92. The summed E-state index contributed by atoms with van der Waals surface area (Å²) in [4.78, 5) is 8.58. The maximum absolute atomic E-state index is 4.35. The lowest BCUT2D eigenvalue weighted by molar-refractivity contribution is 1.02. The van der Waals surface area contributed by atoms with Crippen LogP contribution in [0.2, 0.25) is 0 Å². The summed E-state index contributed by atoms with van der Waals surface area (Å²) in [6.45, 7) is 2.68. The minimum Gasteiger partial charge on any atom is -0.364 e. The van der Waals surface area contributed by atoms with E-state index in [9.17, 15) is 0 Å². The average molecular weight is 199 g/mol. The fourth-order valence-electron chi connectivity index (χ4n) is 1.33. The third-order valence-corrected chi connectivity index (χ3v) is 2.07. The average Bonchev–Trinajstić information content (AvgIpc) is 2.28. The van der Waals surface area contributed by atoms with E-state index < -0.39 is 0 Å². The van der Waals surface area contributed by atoms with Gasteiger partial charge in [-0.15, -0.1) is 0 Å². The topological polar surface area (TPSA) is 37.8 Å². The molecule has 0 amide bonds. The molecule has 2 heterocycles. The lowest BCUT2D eigenvalue weighted by Crippen LogP contribution is -2.02. The van der Waals surface area contributed by atoms with E-state index in [4.69, 9.17) is 0 Å². The van der Waals surface area contributed by atoms with Crippen LogP contribution in [0.3, 0.4) is 0 Å². The molecular formula is C12H13N3. The standard InChI is InChI=1S/C12H13N3/c1-10-5-4-7-12(15-10)14-9-11-6-2-3-8-13-11/h2-8H,9H2,1H3,(H,14,15). The van der Waals surface area contributed by atoms with E-state index in [1.165, 1.54) is 0 Å².